The lowest BCUT2D eigenvalue weighted by atomic mass is 10.0. The molecule has 3 amide bonds. The lowest BCUT2D eigenvalue weighted by Gasteiger charge is -2.29. The van der Waals surface area contributed by atoms with E-state index < -0.39 is 23.4 Å². The average Bonchev–Trinajstić information content (AvgIpc) is 2.83. The molecule has 0 radical (unpaired) electrons. The van der Waals surface area contributed by atoms with Crippen LogP contribution in [0.2, 0.25) is 5.02 Å². The Balaban J connectivity index is 1.98. The lowest BCUT2D eigenvalue weighted by molar-refractivity contribution is -0.126. The van der Waals surface area contributed by atoms with Crippen molar-refractivity contribution in [1.29, 1.82) is 0 Å². The summed E-state index contributed by atoms with van der Waals surface area (Å²) in [5.41, 5.74) is 0.917. The van der Waals surface area contributed by atoms with E-state index in [1.54, 1.807) is 42.5 Å². The molecule has 27 heavy (non-hydrogen) atoms. The van der Waals surface area contributed by atoms with Crippen LogP contribution in [-0.2, 0) is 11.2 Å². The Hall–Kier alpha value is -2.66. The van der Waals surface area contributed by atoms with E-state index in [0.717, 1.165) is 10.5 Å². The quantitative estimate of drug-likeness (QED) is 0.821. The molecule has 1 heterocycles. The average molecular weight is 385 g/mol. The fraction of sp³-hybridized carbons (Fsp3) is 0.286. The van der Waals surface area contributed by atoms with E-state index in [0.29, 0.717) is 16.1 Å². The summed E-state index contributed by atoms with van der Waals surface area (Å²) in [6.07, 6.45) is 0.188. The first-order chi connectivity index (χ1) is 12.7. The van der Waals surface area contributed by atoms with E-state index in [1.807, 2.05) is 26.8 Å². The minimum Gasteiger partial charge on any atom is -0.350 e. The van der Waals surface area contributed by atoms with E-state index in [9.17, 15) is 14.4 Å². The zero-order valence-corrected chi connectivity index (χ0v) is 16.2. The molecule has 1 N–H and O–H groups in total. The van der Waals surface area contributed by atoms with Crippen LogP contribution in [-0.4, -0.2) is 34.2 Å². The minimum absolute atomic E-state index is 0.188. The number of rotatable bonds is 4. The molecule has 0 saturated heterocycles. The van der Waals surface area contributed by atoms with Gasteiger partial charge in [0.2, 0.25) is 5.91 Å². The topological polar surface area (TPSA) is 66.5 Å². The van der Waals surface area contributed by atoms with Gasteiger partial charge in [0.25, 0.3) is 11.8 Å². The van der Waals surface area contributed by atoms with Crippen molar-refractivity contribution in [2.75, 3.05) is 0 Å². The van der Waals surface area contributed by atoms with E-state index >= 15 is 0 Å². The Morgan fingerprint density at radius 3 is 2.15 bits per heavy atom. The van der Waals surface area contributed by atoms with Crippen molar-refractivity contribution in [2.24, 2.45) is 0 Å². The zero-order chi connectivity index (χ0) is 19.8. The largest absolute Gasteiger partial charge is 0.350 e. The number of amides is 3. The lowest BCUT2D eigenvalue weighted by Crippen LogP contribution is -2.54. The molecule has 0 aliphatic carbocycles. The molecule has 1 unspecified atom stereocenters. The first-order valence-electron chi connectivity index (χ1n) is 8.71. The second-order valence-electron chi connectivity index (χ2n) is 7.61. The van der Waals surface area contributed by atoms with Crippen LogP contribution in [0.3, 0.4) is 0 Å². The highest BCUT2D eigenvalue weighted by atomic mass is 35.5. The Labute approximate surface area is 163 Å². The van der Waals surface area contributed by atoms with Gasteiger partial charge in [0.15, 0.2) is 0 Å². The number of fused-ring (bicyclic) bond motifs is 1. The van der Waals surface area contributed by atoms with Gasteiger partial charge >= 0.3 is 0 Å². The summed E-state index contributed by atoms with van der Waals surface area (Å²) in [6.45, 7) is 5.55. The van der Waals surface area contributed by atoms with Gasteiger partial charge < -0.3 is 5.32 Å². The zero-order valence-electron chi connectivity index (χ0n) is 15.5. The summed E-state index contributed by atoms with van der Waals surface area (Å²) in [5, 5.41) is 3.41. The third kappa shape index (κ3) is 4.03. The van der Waals surface area contributed by atoms with Gasteiger partial charge in [0, 0.05) is 17.0 Å². The Kier molecular flexibility index (Phi) is 5.07. The molecule has 140 valence electrons. The first kappa shape index (κ1) is 19.1. The van der Waals surface area contributed by atoms with Crippen LogP contribution in [0.4, 0.5) is 0 Å². The molecule has 0 spiro atoms. The van der Waals surface area contributed by atoms with Gasteiger partial charge in [-0.1, -0.05) is 35.9 Å². The van der Waals surface area contributed by atoms with E-state index in [2.05, 4.69) is 5.32 Å². The molecular weight excluding hydrogens is 364 g/mol. The molecule has 0 fully saturated rings. The summed E-state index contributed by atoms with van der Waals surface area (Å²) < 4.78 is 0. The van der Waals surface area contributed by atoms with Crippen molar-refractivity contribution in [3.8, 4) is 0 Å². The van der Waals surface area contributed by atoms with Crippen molar-refractivity contribution >= 4 is 29.3 Å². The van der Waals surface area contributed by atoms with Crippen LogP contribution >= 0.6 is 11.6 Å². The van der Waals surface area contributed by atoms with E-state index in [4.69, 9.17) is 11.6 Å². The fourth-order valence-electron chi connectivity index (χ4n) is 3.13. The fourth-order valence-corrected chi connectivity index (χ4v) is 3.35. The van der Waals surface area contributed by atoms with Crippen LogP contribution in [0, 0.1) is 0 Å². The molecule has 0 aromatic heterocycles. The van der Waals surface area contributed by atoms with Crippen LogP contribution in [0.25, 0.3) is 0 Å². The molecule has 2 aromatic rings. The Morgan fingerprint density at radius 2 is 1.63 bits per heavy atom. The highest BCUT2D eigenvalue weighted by molar-refractivity contribution is 6.30. The van der Waals surface area contributed by atoms with Gasteiger partial charge in [0.1, 0.15) is 6.04 Å². The predicted octanol–water partition coefficient (Wildman–Crippen LogP) is 3.46. The number of hydrogen-bond donors (Lipinski definition) is 1. The normalized spacial score (nSPS) is 14.9. The summed E-state index contributed by atoms with van der Waals surface area (Å²) in [4.78, 5) is 39.8. The van der Waals surface area contributed by atoms with Gasteiger partial charge in [-0.05, 0) is 50.6 Å². The number of hydrogen-bond acceptors (Lipinski definition) is 3. The van der Waals surface area contributed by atoms with Crippen LogP contribution in [0.15, 0.2) is 48.5 Å². The molecule has 0 bridgehead atoms. The monoisotopic (exact) mass is 384 g/mol. The molecule has 5 nitrogen and oxygen atoms in total. The van der Waals surface area contributed by atoms with E-state index in [-0.39, 0.29) is 12.3 Å². The summed E-state index contributed by atoms with van der Waals surface area (Å²) in [6, 6.07) is 12.7. The number of carbonyl (C=O) groups excluding carboxylic acids is 3. The third-order valence-corrected chi connectivity index (χ3v) is 4.49. The number of carbonyl (C=O) groups is 3. The Morgan fingerprint density at radius 1 is 1.04 bits per heavy atom. The van der Waals surface area contributed by atoms with Crippen molar-refractivity contribution in [2.45, 2.75) is 38.8 Å². The van der Waals surface area contributed by atoms with Gasteiger partial charge in [-0.25, -0.2) is 0 Å². The molecule has 1 aliphatic rings. The molecule has 2 aromatic carbocycles. The van der Waals surface area contributed by atoms with Crippen LogP contribution in [0.5, 0.6) is 0 Å². The maximum atomic E-state index is 13.0. The summed E-state index contributed by atoms with van der Waals surface area (Å²) >= 11 is 6.06. The predicted molar refractivity (Wildman–Crippen MR) is 104 cm³/mol. The summed E-state index contributed by atoms with van der Waals surface area (Å²) in [7, 11) is 0. The number of benzene rings is 2. The van der Waals surface area contributed by atoms with Crippen LogP contribution in [0.1, 0.15) is 47.1 Å². The van der Waals surface area contributed by atoms with Crippen molar-refractivity contribution < 1.29 is 14.4 Å². The smallest absolute Gasteiger partial charge is 0.262 e. The highest BCUT2D eigenvalue weighted by Gasteiger charge is 2.43. The SMILES string of the molecule is CC(C)(C)NC(=O)C(Cc1cccc(Cl)c1)N1C(=O)c2ccccc2C1=O. The molecule has 1 aliphatic heterocycles. The van der Waals surface area contributed by atoms with Gasteiger partial charge in [-0.15, -0.1) is 0 Å². The molecule has 3 rings (SSSR count). The molecular formula is C21H21ClN2O3. The first-order valence-corrected chi connectivity index (χ1v) is 9.08. The van der Waals surface area contributed by atoms with Gasteiger partial charge in [0.05, 0.1) is 11.1 Å². The maximum absolute atomic E-state index is 13.0. The maximum Gasteiger partial charge on any atom is 0.262 e. The van der Waals surface area contributed by atoms with Crippen LogP contribution < -0.4 is 5.32 Å². The highest BCUT2D eigenvalue weighted by Crippen LogP contribution is 2.26. The van der Waals surface area contributed by atoms with Crippen molar-refractivity contribution in [1.82, 2.24) is 10.2 Å². The third-order valence-electron chi connectivity index (χ3n) is 4.26. The Bertz CT molecular complexity index is 883. The standard InChI is InChI=1S/C21H21ClN2O3/c1-21(2,3)23-18(25)17(12-13-7-6-8-14(22)11-13)24-19(26)15-9-4-5-10-16(15)20(24)27/h4-11,17H,12H2,1-3H3,(H,23,25). The molecule has 1 atom stereocenters. The minimum atomic E-state index is -0.963. The van der Waals surface area contributed by atoms with Crippen molar-refractivity contribution in [3.63, 3.8) is 0 Å². The van der Waals surface area contributed by atoms with Gasteiger partial charge in [-0.2, -0.15) is 0 Å². The number of halogens is 1. The molecule has 6 heteroatoms. The summed E-state index contributed by atoms with van der Waals surface area (Å²) in [5.74, 6) is -1.28. The molecule has 0 saturated carbocycles. The number of nitrogens with zero attached hydrogens (tertiary/aromatic N) is 1. The number of imide groups is 1. The van der Waals surface area contributed by atoms with E-state index in [1.165, 1.54) is 0 Å². The second-order valence-corrected chi connectivity index (χ2v) is 8.05. The second kappa shape index (κ2) is 7.16. The van der Waals surface area contributed by atoms with Crippen molar-refractivity contribution in [3.05, 3.63) is 70.2 Å². The van der Waals surface area contributed by atoms with Gasteiger partial charge in [-0.3, -0.25) is 19.3 Å². The number of nitrogens with one attached hydrogen (secondary N) is 1.